The topological polar surface area (TPSA) is 82.8 Å². The van der Waals surface area contributed by atoms with E-state index in [1.165, 1.54) is 24.3 Å². The van der Waals surface area contributed by atoms with Crippen molar-refractivity contribution >= 4 is 34.2 Å². The van der Waals surface area contributed by atoms with Gasteiger partial charge in [0.1, 0.15) is 16.6 Å². The first-order valence-electron chi connectivity index (χ1n) is 13.4. The number of hydrogen-bond donors (Lipinski definition) is 2. The van der Waals surface area contributed by atoms with Crippen LogP contribution < -0.4 is 10.5 Å². The molecule has 1 aliphatic rings. The molecule has 218 valence electrons. The van der Waals surface area contributed by atoms with Gasteiger partial charge in [0.15, 0.2) is 6.04 Å². The molecule has 0 aliphatic carbocycles. The fourth-order valence-electron chi connectivity index (χ4n) is 5.83. The third-order valence-corrected chi connectivity index (χ3v) is 8.11. The Morgan fingerprint density at radius 3 is 2.42 bits per heavy atom. The molecule has 1 unspecified atom stereocenters. The lowest BCUT2D eigenvalue weighted by atomic mass is 9.92. The molecule has 2 N–H and O–H groups in total. The van der Waals surface area contributed by atoms with Crippen LogP contribution in [-0.4, -0.2) is 27.3 Å². The molecule has 4 aromatic carbocycles. The van der Waals surface area contributed by atoms with Crippen LogP contribution in [0, 0.1) is 0 Å². The van der Waals surface area contributed by atoms with Crippen LogP contribution in [-0.2, 0) is 23.9 Å². The van der Waals surface area contributed by atoms with Crippen molar-refractivity contribution in [3.05, 3.63) is 129 Å². The number of phenolic OH excluding ortho intramolecular Hbond substituents is 1. The second-order valence-corrected chi connectivity index (χ2v) is 10.8. The second kappa shape index (κ2) is 10.8. The van der Waals surface area contributed by atoms with Gasteiger partial charge >= 0.3 is 12.1 Å². The number of hydrogen-bond acceptors (Lipinski definition) is 4. The number of aliphatic carboxylic acids is 1. The SMILES string of the molecule is O=C(O)C1CN(Cc2cccc(O)c2)c2c(-c3cccc(C(F)(F)F)c3)c(Cc3cccc4ccccc34)c(Cl)c(=O)n21. The summed E-state index contributed by atoms with van der Waals surface area (Å²) in [7, 11) is 0. The fourth-order valence-corrected chi connectivity index (χ4v) is 6.09. The fraction of sp³-hybridized carbons (Fsp3) is 0.152. The van der Waals surface area contributed by atoms with E-state index in [1.54, 1.807) is 17.0 Å². The lowest BCUT2D eigenvalue weighted by molar-refractivity contribution is -0.140. The van der Waals surface area contributed by atoms with Gasteiger partial charge in [-0.15, -0.1) is 0 Å². The van der Waals surface area contributed by atoms with Crippen molar-refractivity contribution < 1.29 is 28.2 Å². The van der Waals surface area contributed by atoms with Gasteiger partial charge in [-0.1, -0.05) is 78.3 Å². The summed E-state index contributed by atoms with van der Waals surface area (Å²) in [4.78, 5) is 27.9. The number of carbonyl (C=O) groups is 1. The van der Waals surface area contributed by atoms with Crippen LogP contribution in [0.4, 0.5) is 19.0 Å². The molecule has 43 heavy (non-hydrogen) atoms. The van der Waals surface area contributed by atoms with Crippen LogP contribution in [0.1, 0.15) is 28.3 Å². The van der Waals surface area contributed by atoms with E-state index in [2.05, 4.69) is 0 Å². The van der Waals surface area contributed by atoms with Gasteiger partial charge in [0.05, 0.1) is 12.1 Å². The number of phenols is 1. The van der Waals surface area contributed by atoms with Gasteiger partial charge in [-0.25, -0.2) is 4.79 Å². The summed E-state index contributed by atoms with van der Waals surface area (Å²) in [6, 6.07) is 23.0. The molecular weight excluding hydrogens is 581 g/mol. The number of anilines is 1. The first-order chi connectivity index (χ1) is 20.5. The molecule has 6 nitrogen and oxygen atoms in total. The molecule has 1 aliphatic heterocycles. The molecule has 6 rings (SSSR count). The molecule has 5 aromatic rings. The standard InChI is InChI=1S/C33H24ClF3N2O4/c34-29-26(16-21-9-4-8-20-7-1-2-13-25(20)21)28(22-10-5-11-23(15-22)33(35,36)37)30-38(17-19-6-3-12-24(40)14-19)18-27(32(42)43)39(30)31(29)41/h1-15,27,40H,16-18H2,(H,42,43). The molecule has 10 heteroatoms. The molecule has 0 fully saturated rings. The maximum absolute atomic E-state index is 13.9. The smallest absolute Gasteiger partial charge is 0.416 e. The zero-order valence-electron chi connectivity index (χ0n) is 22.5. The van der Waals surface area contributed by atoms with Gasteiger partial charge in [0, 0.05) is 18.5 Å². The second-order valence-electron chi connectivity index (χ2n) is 10.5. The molecule has 1 aromatic heterocycles. The van der Waals surface area contributed by atoms with Gasteiger partial charge in [-0.2, -0.15) is 13.2 Å². The number of halogens is 4. The number of carboxylic acid groups (broad SMARTS) is 1. The van der Waals surface area contributed by atoms with Crippen LogP contribution in [0.2, 0.25) is 5.02 Å². The van der Waals surface area contributed by atoms with E-state index in [1.807, 2.05) is 42.5 Å². The highest BCUT2D eigenvalue weighted by Gasteiger charge is 2.39. The van der Waals surface area contributed by atoms with Crippen molar-refractivity contribution in [3.8, 4) is 16.9 Å². The lowest BCUT2D eigenvalue weighted by Crippen LogP contribution is -2.29. The monoisotopic (exact) mass is 604 g/mol. The van der Waals surface area contributed by atoms with E-state index in [0.29, 0.717) is 11.1 Å². The number of aromatic hydroxyl groups is 1. The van der Waals surface area contributed by atoms with E-state index in [9.17, 15) is 33.0 Å². The predicted molar refractivity (Wildman–Crippen MR) is 159 cm³/mol. The van der Waals surface area contributed by atoms with Crippen molar-refractivity contribution in [2.45, 2.75) is 25.2 Å². The van der Waals surface area contributed by atoms with Crippen molar-refractivity contribution in [1.29, 1.82) is 0 Å². The normalized spacial score (nSPS) is 14.7. The van der Waals surface area contributed by atoms with E-state index in [-0.39, 0.29) is 47.2 Å². The highest BCUT2D eigenvalue weighted by molar-refractivity contribution is 6.32. The van der Waals surface area contributed by atoms with Gasteiger partial charge in [0.2, 0.25) is 0 Å². The summed E-state index contributed by atoms with van der Waals surface area (Å²) in [6.07, 6.45) is -4.54. The molecule has 2 heterocycles. The first kappa shape index (κ1) is 28.4. The van der Waals surface area contributed by atoms with Crippen molar-refractivity contribution in [3.63, 3.8) is 0 Å². The Morgan fingerprint density at radius 2 is 1.67 bits per heavy atom. The number of pyridine rings is 1. The number of nitrogens with zero attached hydrogens (tertiary/aromatic N) is 2. The Morgan fingerprint density at radius 1 is 0.953 bits per heavy atom. The summed E-state index contributed by atoms with van der Waals surface area (Å²) < 4.78 is 42.8. The van der Waals surface area contributed by atoms with Gasteiger partial charge in [-0.3, -0.25) is 9.36 Å². The van der Waals surface area contributed by atoms with Crippen LogP contribution in [0.15, 0.2) is 95.8 Å². The Bertz CT molecular complexity index is 1950. The van der Waals surface area contributed by atoms with Crippen LogP contribution in [0.3, 0.4) is 0 Å². The molecular formula is C33H24ClF3N2O4. The van der Waals surface area contributed by atoms with E-state index < -0.39 is 29.3 Å². The lowest BCUT2D eigenvalue weighted by Gasteiger charge is -2.25. The van der Waals surface area contributed by atoms with E-state index >= 15 is 0 Å². The number of benzene rings is 4. The largest absolute Gasteiger partial charge is 0.508 e. The third-order valence-electron chi connectivity index (χ3n) is 7.72. The Hall–Kier alpha value is -4.76. The zero-order chi connectivity index (χ0) is 30.5. The summed E-state index contributed by atoms with van der Waals surface area (Å²) in [5, 5.41) is 21.7. The summed E-state index contributed by atoms with van der Waals surface area (Å²) in [5.41, 5.74) is 0.453. The minimum atomic E-state index is -4.64. The summed E-state index contributed by atoms with van der Waals surface area (Å²) in [5.74, 6) is -1.14. The number of carboxylic acids is 1. The minimum Gasteiger partial charge on any atom is -0.508 e. The van der Waals surface area contributed by atoms with Crippen LogP contribution in [0.5, 0.6) is 5.75 Å². The Kier molecular flexibility index (Phi) is 7.14. The van der Waals surface area contributed by atoms with Gasteiger partial charge in [0.25, 0.3) is 5.56 Å². The average Bonchev–Trinajstić information content (AvgIpc) is 3.35. The highest BCUT2D eigenvalue weighted by Crippen LogP contribution is 2.44. The minimum absolute atomic E-state index is 0.00488. The molecule has 0 spiro atoms. The van der Waals surface area contributed by atoms with Crippen molar-refractivity contribution in [1.82, 2.24) is 4.57 Å². The number of rotatable bonds is 6. The van der Waals surface area contributed by atoms with Gasteiger partial charge < -0.3 is 15.1 Å². The maximum Gasteiger partial charge on any atom is 0.416 e. The number of aromatic nitrogens is 1. The molecule has 0 amide bonds. The highest BCUT2D eigenvalue weighted by atomic mass is 35.5. The van der Waals surface area contributed by atoms with E-state index in [4.69, 9.17) is 11.6 Å². The molecule has 1 atom stereocenters. The summed E-state index contributed by atoms with van der Waals surface area (Å²) >= 11 is 6.76. The zero-order valence-corrected chi connectivity index (χ0v) is 23.2. The maximum atomic E-state index is 13.9. The van der Waals surface area contributed by atoms with Crippen LogP contribution >= 0.6 is 11.6 Å². The third kappa shape index (κ3) is 5.21. The predicted octanol–water partition coefficient (Wildman–Crippen LogP) is 7.28. The van der Waals surface area contributed by atoms with Crippen molar-refractivity contribution in [2.24, 2.45) is 0 Å². The van der Waals surface area contributed by atoms with E-state index in [0.717, 1.165) is 33.0 Å². The first-order valence-corrected chi connectivity index (χ1v) is 13.8. The molecule has 0 radical (unpaired) electrons. The quantitative estimate of drug-likeness (QED) is 0.213. The Balaban J connectivity index is 1.66. The Labute approximate surface area is 248 Å². The van der Waals surface area contributed by atoms with Crippen LogP contribution in [0.25, 0.3) is 21.9 Å². The summed E-state index contributed by atoms with van der Waals surface area (Å²) in [6.45, 7) is -0.0564. The van der Waals surface area contributed by atoms with Crippen molar-refractivity contribution in [2.75, 3.05) is 11.4 Å². The average molecular weight is 605 g/mol. The number of alkyl halides is 3. The van der Waals surface area contributed by atoms with Gasteiger partial charge in [-0.05, 0) is 57.3 Å². The number of fused-ring (bicyclic) bond motifs is 2. The molecule has 0 bridgehead atoms. The molecule has 0 saturated heterocycles. The molecule has 0 saturated carbocycles.